The topological polar surface area (TPSA) is 96.0 Å². The Morgan fingerprint density at radius 2 is 1.47 bits per heavy atom. The summed E-state index contributed by atoms with van der Waals surface area (Å²) >= 11 is 0. The van der Waals surface area contributed by atoms with Gasteiger partial charge in [-0.2, -0.15) is 0 Å². The third-order valence-corrected chi connectivity index (χ3v) is 4.40. The Labute approximate surface area is 175 Å². The van der Waals surface area contributed by atoms with Gasteiger partial charge in [0.2, 0.25) is 5.91 Å². The maximum absolute atomic E-state index is 12.9. The Morgan fingerprint density at radius 1 is 0.867 bits per heavy atom. The molecule has 8 heteroatoms. The maximum Gasteiger partial charge on any atom is 0.339 e. The molecule has 3 amide bonds. The quantitative estimate of drug-likeness (QED) is 0.661. The fourth-order valence-corrected chi connectivity index (χ4v) is 2.68. The number of carbonyl (C=O) groups is 4. The maximum atomic E-state index is 12.9. The van der Waals surface area contributed by atoms with Crippen LogP contribution in [0.25, 0.3) is 0 Å². The fraction of sp³-hybridized carbons (Fsp3) is 0.273. The number of esters is 1. The van der Waals surface area contributed by atoms with E-state index in [0.29, 0.717) is 6.54 Å². The lowest BCUT2D eigenvalue weighted by Gasteiger charge is -2.19. The van der Waals surface area contributed by atoms with Crippen molar-refractivity contribution in [1.29, 1.82) is 0 Å². The molecule has 8 nitrogen and oxygen atoms in total. The van der Waals surface area contributed by atoms with Gasteiger partial charge < -0.3 is 19.9 Å². The van der Waals surface area contributed by atoms with Crippen molar-refractivity contribution in [2.45, 2.75) is 6.54 Å². The van der Waals surface area contributed by atoms with Gasteiger partial charge in [-0.25, -0.2) is 4.79 Å². The fourth-order valence-electron chi connectivity index (χ4n) is 2.68. The van der Waals surface area contributed by atoms with Crippen molar-refractivity contribution >= 4 is 23.7 Å². The van der Waals surface area contributed by atoms with Crippen LogP contribution in [0.1, 0.15) is 26.3 Å². The summed E-state index contributed by atoms with van der Waals surface area (Å²) in [6, 6.07) is 15.8. The summed E-state index contributed by atoms with van der Waals surface area (Å²) in [7, 11) is 4.54. The molecule has 0 spiro atoms. The molecule has 2 aromatic carbocycles. The van der Waals surface area contributed by atoms with E-state index in [2.05, 4.69) is 5.32 Å². The lowest BCUT2D eigenvalue weighted by atomic mass is 10.1. The van der Waals surface area contributed by atoms with Gasteiger partial charge in [-0.1, -0.05) is 42.5 Å². The zero-order valence-electron chi connectivity index (χ0n) is 17.3. The Kier molecular flexibility index (Phi) is 8.10. The highest BCUT2D eigenvalue weighted by atomic mass is 16.5. The minimum atomic E-state index is -0.784. The Bertz CT molecular complexity index is 914. The van der Waals surface area contributed by atoms with Crippen LogP contribution in [0.4, 0.5) is 0 Å². The highest BCUT2D eigenvalue weighted by Crippen LogP contribution is 2.14. The summed E-state index contributed by atoms with van der Waals surface area (Å²) in [6.07, 6.45) is 0. The second-order valence-corrected chi connectivity index (χ2v) is 6.69. The van der Waals surface area contributed by atoms with Crippen LogP contribution in [0, 0.1) is 0 Å². The summed E-state index contributed by atoms with van der Waals surface area (Å²) in [6.45, 7) is -0.299. The van der Waals surface area contributed by atoms with Crippen molar-refractivity contribution in [3.05, 3.63) is 71.3 Å². The first-order valence-corrected chi connectivity index (χ1v) is 9.33. The summed E-state index contributed by atoms with van der Waals surface area (Å²) in [5.41, 5.74) is 1.22. The third-order valence-electron chi connectivity index (χ3n) is 4.40. The highest BCUT2D eigenvalue weighted by molar-refractivity contribution is 6.05. The van der Waals surface area contributed by atoms with Crippen LogP contribution in [-0.2, 0) is 20.9 Å². The van der Waals surface area contributed by atoms with Gasteiger partial charge in [-0.15, -0.1) is 0 Å². The smallest absolute Gasteiger partial charge is 0.339 e. The molecule has 0 aliphatic heterocycles. The van der Waals surface area contributed by atoms with Crippen molar-refractivity contribution in [2.24, 2.45) is 0 Å². The van der Waals surface area contributed by atoms with Gasteiger partial charge in [0.25, 0.3) is 11.8 Å². The number of ether oxygens (including phenoxy) is 1. The van der Waals surface area contributed by atoms with Gasteiger partial charge >= 0.3 is 5.97 Å². The first-order chi connectivity index (χ1) is 14.3. The van der Waals surface area contributed by atoms with Crippen LogP contribution in [0.15, 0.2) is 54.6 Å². The molecule has 1 N–H and O–H groups in total. The van der Waals surface area contributed by atoms with E-state index < -0.39 is 18.5 Å². The second kappa shape index (κ2) is 10.8. The molecule has 2 rings (SSSR count). The Morgan fingerprint density at radius 3 is 2.10 bits per heavy atom. The molecule has 2 aromatic rings. The van der Waals surface area contributed by atoms with Gasteiger partial charge in [-0.05, 0) is 17.7 Å². The standard InChI is InChI=1S/C22H25N3O5/c1-23-19(26)14-24(2)20(27)15-30-22(29)18-12-8-7-11-17(18)21(28)25(3)13-16-9-5-4-6-10-16/h4-12H,13-15H2,1-3H3,(H,23,26). The number of nitrogens with zero attached hydrogens (tertiary/aromatic N) is 2. The highest BCUT2D eigenvalue weighted by Gasteiger charge is 2.22. The second-order valence-electron chi connectivity index (χ2n) is 6.69. The molecule has 0 saturated carbocycles. The number of nitrogens with one attached hydrogen (secondary N) is 1. The van der Waals surface area contributed by atoms with E-state index in [4.69, 9.17) is 4.74 Å². The molecule has 0 radical (unpaired) electrons. The van der Waals surface area contributed by atoms with Gasteiger partial charge in [-0.3, -0.25) is 14.4 Å². The summed E-state index contributed by atoms with van der Waals surface area (Å²) in [5.74, 6) is -1.99. The summed E-state index contributed by atoms with van der Waals surface area (Å²) in [5, 5.41) is 2.41. The predicted octanol–water partition coefficient (Wildman–Crippen LogP) is 1.32. The molecule has 0 aromatic heterocycles. The number of carbonyl (C=O) groups excluding carboxylic acids is 4. The van der Waals surface area contributed by atoms with E-state index in [-0.39, 0.29) is 29.5 Å². The van der Waals surface area contributed by atoms with E-state index >= 15 is 0 Å². The molecule has 0 atom stereocenters. The molecule has 0 unspecified atom stereocenters. The number of rotatable bonds is 8. The largest absolute Gasteiger partial charge is 0.452 e. The van der Waals surface area contributed by atoms with E-state index in [1.807, 2.05) is 30.3 Å². The molecule has 0 fully saturated rings. The van der Waals surface area contributed by atoms with E-state index in [1.165, 1.54) is 25.1 Å². The van der Waals surface area contributed by atoms with Crippen LogP contribution < -0.4 is 5.32 Å². The lowest BCUT2D eigenvalue weighted by molar-refractivity contribution is -0.137. The molecular weight excluding hydrogens is 386 g/mol. The number of likely N-dealkylation sites (N-methyl/N-ethyl adjacent to an activating group) is 2. The van der Waals surface area contributed by atoms with Crippen LogP contribution in [0.3, 0.4) is 0 Å². The molecule has 0 saturated heterocycles. The van der Waals surface area contributed by atoms with Crippen LogP contribution in [-0.4, -0.2) is 67.8 Å². The van der Waals surface area contributed by atoms with Crippen LogP contribution in [0.5, 0.6) is 0 Å². The SMILES string of the molecule is CNC(=O)CN(C)C(=O)COC(=O)c1ccccc1C(=O)N(C)Cc1ccccc1. The predicted molar refractivity (Wildman–Crippen MR) is 111 cm³/mol. The van der Waals surface area contributed by atoms with Crippen molar-refractivity contribution in [1.82, 2.24) is 15.1 Å². The average molecular weight is 411 g/mol. The molecule has 0 aliphatic rings. The third kappa shape index (κ3) is 6.16. The van der Waals surface area contributed by atoms with Crippen LogP contribution in [0.2, 0.25) is 0 Å². The summed E-state index contributed by atoms with van der Waals surface area (Å²) < 4.78 is 5.08. The number of benzene rings is 2. The Balaban J connectivity index is 2.04. The molecule has 30 heavy (non-hydrogen) atoms. The molecule has 158 valence electrons. The number of hydrogen-bond donors (Lipinski definition) is 1. The minimum Gasteiger partial charge on any atom is -0.452 e. The Hall–Kier alpha value is -3.68. The first kappa shape index (κ1) is 22.6. The lowest BCUT2D eigenvalue weighted by Crippen LogP contribution is -2.39. The monoisotopic (exact) mass is 411 g/mol. The minimum absolute atomic E-state index is 0.0733. The van der Waals surface area contributed by atoms with Gasteiger partial charge in [0.05, 0.1) is 17.7 Å². The van der Waals surface area contributed by atoms with E-state index in [1.54, 1.807) is 25.2 Å². The van der Waals surface area contributed by atoms with Crippen molar-refractivity contribution in [2.75, 3.05) is 34.3 Å². The van der Waals surface area contributed by atoms with Gasteiger partial charge in [0.15, 0.2) is 6.61 Å². The average Bonchev–Trinajstić information content (AvgIpc) is 2.77. The van der Waals surface area contributed by atoms with E-state index in [0.717, 1.165) is 10.5 Å². The zero-order valence-corrected chi connectivity index (χ0v) is 17.3. The molecule has 0 heterocycles. The molecule has 0 bridgehead atoms. The zero-order chi connectivity index (χ0) is 22.1. The van der Waals surface area contributed by atoms with Crippen molar-refractivity contribution in [3.63, 3.8) is 0 Å². The number of amides is 3. The van der Waals surface area contributed by atoms with Crippen molar-refractivity contribution in [3.8, 4) is 0 Å². The van der Waals surface area contributed by atoms with Crippen molar-refractivity contribution < 1.29 is 23.9 Å². The van der Waals surface area contributed by atoms with Gasteiger partial charge in [0, 0.05) is 27.7 Å². The van der Waals surface area contributed by atoms with E-state index in [9.17, 15) is 19.2 Å². The van der Waals surface area contributed by atoms with Gasteiger partial charge in [0.1, 0.15) is 0 Å². The molecular formula is C22H25N3O5. The number of hydrogen-bond acceptors (Lipinski definition) is 5. The first-order valence-electron chi connectivity index (χ1n) is 9.33. The summed E-state index contributed by atoms with van der Waals surface area (Å²) in [4.78, 5) is 51.4. The van der Waals surface area contributed by atoms with Crippen LogP contribution >= 0.6 is 0 Å². The molecule has 0 aliphatic carbocycles. The normalized spacial score (nSPS) is 10.1.